The molecule has 0 aliphatic carbocycles. The van der Waals surface area contributed by atoms with E-state index in [0.29, 0.717) is 21.4 Å². The number of rotatable bonds is 5. The molecule has 10 heteroatoms. The lowest BCUT2D eigenvalue weighted by Gasteiger charge is -2.30. The molecular weight excluding hydrogens is 407 g/mol. The minimum absolute atomic E-state index is 0.132. The summed E-state index contributed by atoms with van der Waals surface area (Å²) in [6, 6.07) is 6.47. The third-order valence-electron chi connectivity index (χ3n) is 4.21. The molecule has 0 aliphatic rings. The van der Waals surface area contributed by atoms with E-state index in [2.05, 4.69) is 15.0 Å². The Hall–Kier alpha value is -1.94. The number of hydrogen-bond acceptors (Lipinski definition) is 7. The van der Waals surface area contributed by atoms with Crippen LogP contribution in [0.3, 0.4) is 0 Å². The lowest BCUT2D eigenvalue weighted by atomic mass is 9.90. The van der Waals surface area contributed by atoms with Crippen LogP contribution in [0.4, 0.5) is 5.82 Å². The smallest absolute Gasteiger partial charge is 0.142 e. The molecule has 0 fully saturated rings. The van der Waals surface area contributed by atoms with Crippen LogP contribution in [0, 0.1) is 0 Å². The predicted octanol–water partition coefficient (Wildman–Crippen LogP) is 2.06. The number of halogens is 2. The molecule has 152 valence electrons. The Balaban J connectivity index is 0.000000233. The van der Waals surface area contributed by atoms with Gasteiger partial charge in [0.2, 0.25) is 0 Å². The molecule has 28 heavy (non-hydrogen) atoms. The fraction of sp³-hybridized carbons (Fsp3) is 0.333. The number of H-pyrrole nitrogens is 1. The van der Waals surface area contributed by atoms with Crippen LogP contribution < -0.4 is 5.73 Å². The van der Waals surface area contributed by atoms with Crippen LogP contribution in [0.5, 0.6) is 0 Å². The molecule has 0 spiro atoms. The van der Waals surface area contributed by atoms with Gasteiger partial charge in [-0.05, 0) is 30.7 Å². The van der Waals surface area contributed by atoms with Gasteiger partial charge in [0, 0.05) is 12.6 Å². The second kappa shape index (κ2) is 9.51. The highest BCUT2D eigenvalue weighted by atomic mass is 35.5. The van der Waals surface area contributed by atoms with Crippen LogP contribution in [0.25, 0.3) is 11.0 Å². The standard InChI is InChI=1S/C12H16Cl2O4.C6H6N4/c1-12(18,11(17)6-15)5-10(16)7-2-3-8(13)9(14)4-7;7-5-4-1-2-8-6(4)10-3-9-5/h2-4,10-11,15-18H,5-6H2,1H3;1-3H,(H3,7,8,9,10)/t10?,11?,12-;/m1./s1. The molecule has 0 saturated heterocycles. The molecule has 3 aromatic rings. The summed E-state index contributed by atoms with van der Waals surface area (Å²) < 4.78 is 0. The first-order valence-corrected chi connectivity index (χ1v) is 9.09. The van der Waals surface area contributed by atoms with Crippen molar-refractivity contribution in [2.24, 2.45) is 0 Å². The number of benzene rings is 1. The van der Waals surface area contributed by atoms with Gasteiger partial charge in [0.15, 0.2) is 0 Å². The highest BCUT2D eigenvalue weighted by Gasteiger charge is 2.32. The third kappa shape index (κ3) is 5.54. The van der Waals surface area contributed by atoms with E-state index in [-0.39, 0.29) is 6.42 Å². The summed E-state index contributed by atoms with van der Waals surface area (Å²) >= 11 is 11.6. The minimum Gasteiger partial charge on any atom is -0.394 e. The quantitative estimate of drug-likeness (QED) is 0.364. The number of aromatic amines is 1. The lowest BCUT2D eigenvalue weighted by molar-refractivity contribution is -0.104. The van der Waals surface area contributed by atoms with Crippen molar-refractivity contribution in [3.8, 4) is 0 Å². The molecule has 0 radical (unpaired) electrons. The average molecular weight is 429 g/mol. The zero-order valence-corrected chi connectivity index (χ0v) is 16.6. The maximum absolute atomic E-state index is 9.96. The topological polar surface area (TPSA) is 149 Å². The summed E-state index contributed by atoms with van der Waals surface area (Å²) in [5.41, 5.74) is 5.20. The van der Waals surface area contributed by atoms with Gasteiger partial charge in [0.05, 0.1) is 33.7 Å². The van der Waals surface area contributed by atoms with Crippen molar-refractivity contribution in [3.63, 3.8) is 0 Å². The Kier molecular flexibility index (Phi) is 7.59. The van der Waals surface area contributed by atoms with Crippen molar-refractivity contribution in [1.29, 1.82) is 0 Å². The zero-order valence-electron chi connectivity index (χ0n) is 15.0. The molecule has 3 atom stereocenters. The van der Waals surface area contributed by atoms with E-state index in [4.69, 9.17) is 34.0 Å². The molecule has 2 aromatic heterocycles. The maximum Gasteiger partial charge on any atom is 0.142 e. The van der Waals surface area contributed by atoms with Crippen molar-refractivity contribution >= 4 is 40.1 Å². The van der Waals surface area contributed by atoms with Crippen molar-refractivity contribution in [2.75, 3.05) is 12.3 Å². The van der Waals surface area contributed by atoms with Gasteiger partial charge in [-0.3, -0.25) is 0 Å². The Labute approximate surface area is 171 Å². The fourth-order valence-corrected chi connectivity index (χ4v) is 2.76. The van der Waals surface area contributed by atoms with Crippen LogP contribution in [0.2, 0.25) is 10.0 Å². The molecule has 0 bridgehead atoms. The first-order chi connectivity index (χ1) is 13.2. The normalized spacial score (nSPS) is 15.4. The number of anilines is 1. The molecule has 0 aliphatic heterocycles. The number of nitrogens with zero attached hydrogens (tertiary/aromatic N) is 2. The van der Waals surface area contributed by atoms with Crippen molar-refractivity contribution < 1.29 is 20.4 Å². The summed E-state index contributed by atoms with van der Waals surface area (Å²) in [4.78, 5) is 10.7. The van der Waals surface area contributed by atoms with E-state index in [0.717, 1.165) is 11.0 Å². The number of aromatic nitrogens is 3. The largest absolute Gasteiger partial charge is 0.394 e. The summed E-state index contributed by atoms with van der Waals surface area (Å²) in [6.07, 6.45) is 0.752. The van der Waals surface area contributed by atoms with E-state index in [9.17, 15) is 15.3 Å². The van der Waals surface area contributed by atoms with E-state index in [1.54, 1.807) is 18.3 Å². The van der Waals surface area contributed by atoms with Crippen molar-refractivity contribution in [1.82, 2.24) is 15.0 Å². The Morgan fingerprint density at radius 3 is 2.50 bits per heavy atom. The van der Waals surface area contributed by atoms with Gasteiger partial charge in [0.1, 0.15) is 23.9 Å². The molecule has 2 unspecified atom stereocenters. The minimum atomic E-state index is -1.60. The Bertz CT molecular complexity index is 919. The molecule has 2 heterocycles. The van der Waals surface area contributed by atoms with Gasteiger partial charge in [-0.2, -0.15) is 0 Å². The number of nitrogens with one attached hydrogen (secondary N) is 1. The van der Waals surface area contributed by atoms with Gasteiger partial charge in [-0.1, -0.05) is 29.3 Å². The Morgan fingerprint density at radius 2 is 1.89 bits per heavy atom. The molecule has 0 saturated carbocycles. The predicted molar refractivity (Wildman–Crippen MR) is 108 cm³/mol. The summed E-state index contributed by atoms with van der Waals surface area (Å²) in [5.74, 6) is 0.520. The zero-order chi connectivity index (χ0) is 20.9. The van der Waals surface area contributed by atoms with Crippen LogP contribution in [0.15, 0.2) is 36.8 Å². The van der Waals surface area contributed by atoms with Crippen molar-refractivity contribution in [2.45, 2.75) is 31.2 Å². The van der Waals surface area contributed by atoms with Gasteiger partial charge in [-0.25, -0.2) is 9.97 Å². The summed E-state index contributed by atoms with van der Waals surface area (Å²) in [5, 5.41) is 39.6. The number of aliphatic hydroxyl groups is 4. The van der Waals surface area contributed by atoms with E-state index >= 15 is 0 Å². The SMILES string of the molecule is C[C@@](O)(CC(O)c1ccc(Cl)c(Cl)c1)C(O)CO.Nc1ncnc2[nH]ccc12. The molecular formula is C18H22Cl2N4O4. The molecule has 0 amide bonds. The van der Waals surface area contributed by atoms with E-state index < -0.39 is 24.4 Å². The number of nitrogens with two attached hydrogens (primary N) is 1. The fourth-order valence-electron chi connectivity index (χ4n) is 2.45. The highest BCUT2D eigenvalue weighted by molar-refractivity contribution is 6.42. The number of aliphatic hydroxyl groups excluding tert-OH is 3. The average Bonchev–Trinajstić information content (AvgIpc) is 3.13. The van der Waals surface area contributed by atoms with Crippen LogP contribution in [-0.4, -0.2) is 53.7 Å². The second-order valence-electron chi connectivity index (χ2n) is 6.45. The molecule has 1 aromatic carbocycles. The van der Waals surface area contributed by atoms with Crippen LogP contribution in [-0.2, 0) is 0 Å². The van der Waals surface area contributed by atoms with E-state index in [1.165, 1.54) is 19.3 Å². The Morgan fingerprint density at radius 1 is 1.18 bits per heavy atom. The monoisotopic (exact) mass is 428 g/mol. The highest BCUT2D eigenvalue weighted by Crippen LogP contribution is 2.30. The number of fused-ring (bicyclic) bond motifs is 1. The first-order valence-electron chi connectivity index (χ1n) is 8.33. The third-order valence-corrected chi connectivity index (χ3v) is 4.95. The second-order valence-corrected chi connectivity index (χ2v) is 7.26. The van der Waals surface area contributed by atoms with Gasteiger partial charge in [-0.15, -0.1) is 0 Å². The van der Waals surface area contributed by atoms with Crippen LogP contribution in [0.1, 0.15) is 25.0 Å². The number of nitrogen functional groups attached to an aromatic ring is 1. The number of hydrogen-bond donors (Lipinski definition) is 6. The van der Waals surface area contributed by atoms with Gasteiger partial charge < -0.3 is 31.1 Å². The van der Waals surface area contributed by atoms with Crippen molar-refractivity contribution in [3.05, 3.63) is 52.4 Å². The summed E-state index contributed by atoms with van der Waals surface area (Å²) in [6.45, 7) is 0.760. The lowest BCUT2D eigenvalue weighted by Crippen LogP contribution is -2.42. The van der Waals surface area contributed by atoms with E-state index in [1.807, 2.05) is 6.07 Å². The summed E-state index contributed by atoms with van der Waals surface area (Å²) in [7, 11) is 0. The first kappa shape index (κ1) is 22.4. The molecule has 8 nitrogen and oxygen atoms in total. The van der Waals surface area contributed by atoms with Crippen LogP contribution >= 0.6 is 23.2 Å². The maximum atomic E-state index is 9.96. The van der Waals surface area contributed by atoms with Gasteiger partial charge >= 0.3 is 0 Å². The molecule has 3 rings (SSSR count). The molecule has 7 N–H and O–H groups in total. The van der Waals surface area contributed by atoms with Gasteiger partial charge in [0.25, 0.3) is 0 Å².